The number of rotatable bonds is 2. The summed E-state index contributed by atoms with van der Waals surface area (Å²) in [6, 6.07) is 2.50. The molecule has 0 aliphatic heterocycles. The molecule has 1 N–H and O–H groups in total. The van der Waals surface area contributed by atoms with Gasteiger partial charge in [-0.3, -0.25) is 0 Å². The summed E-state index contributed by atoms with van der Waals surface area (Å²) >= 11 is 0. The maximum absolute atomic E-state index is 10.2. The summed E-state index contributed by atoms with van der Waals surface area (Å²) in [6.07, 6.45) is 11.1. The first-order valence-electron chi connectivity index (χ1n) is 9.83. The van der Waals surface area contributed by atoms with E-state index in [1.54, 1.807) is 0 Å². The van der Waals surface area contributed by atoms with Gasteiger partial charge in [0.25, 0.3) is 0 Å². The van der Waals surface area contributed by atoms with Crippen molar-refractivity contribution in [3.63, 3.8) is 0 Å². The van der Waals surface area contributed by atoms with Crippen LogP contribution >= 0.6 is 0 Å². The number of methoxy groups -OCH3 is 1. The Morgan fingerprint density at radius 1 is 1.25 bits per heavy atom. The Bertz CT molecular complexity index is 579. The van der Waals surface area contributed by atoms with E-state index in [-0.39, 0.29) is 16.9 Å². The normalized spacial score (nSPS) is 50.2. The maximum atomic E-state index is 10.2. The number of nitrogens with zero attached hydrogens (tertiary/aromatic N) is 1. The molecule has 24 heavy (non-hydrogen) atoms. The van der Waals surface area contributed by atoms with Crippen LogP contribution in [0.3, 0.4) is 0 Å². The lowest BCUT2D eigenvalue weighted by molar-refractivity contribution is -0.152. The number of hydrogen-bond donors (Lipinski definition) is 1. The number of fused-ring (bicyclic) bond motifs is 5. The fraction of sp³-hybridized carbons (Fsp3) is 0.857. The molecule has 0 bridgehead atoms. The summed E-state index contributed by atoms with van der Waals surface area (Å²) in [5.41, 5.74) is 1.44. The van der Waals surface area contributed by atoms with Crippen molar-refractivity contribution in [1.29, 1.82) is 5.26 Å². The van der Waals surface area contributed by atoms with Crippen LogP contribution in [-0.2, 0) is 4.74 Å². The number of allylic oxidation sites excluding steroid dienone is 2. The molecule has 4 rings (SSSR count). The monoisotopic (exact) mass is 329 g/mol. The van der Waals surface area contributed by atoms with Crippen molar-refractivity contribution < 1.29 is 9.84 Å². The lowest BCUT2D eigenvalue weighted by Gasteiger charge is -2.61. The minimum atomic E-state index is -0.108. The molecular formula is C21H31NO2. The molecule has 0 aromatic carbocycles. The SMILES string of the molecule is COC[C@]12CC[C@@H](O)C[C@@H]1CC[C@@H]1[C@@H]2CC[C@]2(C)C(C#N)=CC[C@@H]12. The summed E-state index contributed by atoms with van der Waals surface area (Å²) in [5, 5.41) is 19.8. The molecule has 0 unspecified atom stereocenters. The lowest BCUT2D eigenvalue weighted by Crippen LogP contribution is -2.56. The average molecular weight is 329 g/mol. The summed E-state index contributed by atoms with van der Waals surface area (Å²) in [4.78, 5) is 0. The molecular weight excluding hydrogens is 298 g/mol. The topological polar surface area (TPSA) is 53.2 Å². The van der Waals surface area contributed by atoms with E-state index in [9.17, 15) is 10.4 Å². The van der Waals surface area contributed by atoms with Crippen LogP contribution in [0.5, 0.6) is 0 Å². The molecule has 0 aromatic heterocycles. The maximum Gasteiger partial charge on any atom is 0.0949 e. The standard InChI is InChI=1S/C21H31NO2/c1-20-9-8-19-17(18(20)6-4-15(20)12-22)5-3-14-11-16(23)7-10-21(14,19)13-24-2/h4,14,16-19,23H,3,5-11,13H2,1-2H3/t14-,16+,17-,18-,19-,20+,21+/m0/s1. The van der Waals surface area contributed by atoms with Crippen molar-refractivity contribution in [3.8, 4) is 6.07 Å². The van der Waals surface area contributed by atoms with Crippen molar-refractivity contribution >= 4 is 0 Å². The largest absolute Gasteiger partial charge is 0.393 e. The van der Waals surface area contributed by atoms with Gasteiger partial charge in [0.05, 0.1) is 18.8 Å². The van der Waals surface area contributed by atoms with Gasteiger partial charge in [0.2, 0.25) is 0 Å². The van der Waals surface area contributed by atoms with Gasteiger partial charge in [0.1, 0.15) is 0 Å². The third-order valence-corrected chi connectivity index (χ3v) is 8.45. The van der Waals surface area contributed by atoms with E-state index >= 15 is 0 Å². The number of hydrogen-bond acceptors (Lipinski definition) is 3. The highest BCUT2D eigenvalue weighted by Gasteiger charge is 2.60. The van der Waals surface area contributed by atoms with Gasteiger partial charge in [-0.25, -0.2) is 0 Å². The van der Waals surface area contributed by atoms with Gasteiger partial charge in [-0.2, -0.15) is 5.26 Å². The zero-order valence-corrected chi connectivity index (χ0v) is 15.1. The average Bonchev–Trinajstić information content (AvgIpc) is 2.92. The number of nitriles is 1. The molecule has 0 amide bonds. The Morgan fingerprint density at radius 2 is 2.08 bits per heavy atom. The zero-order valence-electron chi connectivity index (χ0n) is 15.1. The number of aliphatic hydroxyl groups is 1. The predicted molar refractivity (Wildman–Crippen MR) is 93.0 cm³/mol. The fourth-order valence-electron chi connectivity index (χ4n) is 7.32. The Labute approximate surface area is 146 Å². The Balaban J connectivity index is 1.66. The van der Waals surface area contributed by atoms with E-state index < -0.39 is 0 Å². The second-order valence-corrected chi connectivity index (χ2v) is 9.17. The molecule has 0 spiro atoms. The highest BCUT2D eigenvalue weighted by atomic mass is 16.5. The minimum Gasteiger partial charge on any atom is -0.393 e. The molecule has 0 radical (unpaired) electrons. The first-order valence-corrected chi connectivity index (χ1v) is 9.83. The molecule has 0 heterocycles. The van der Waals surface area contributed by atoms with E-state index in [4.69, 9.17) is 4.74 Å². The van der Waals surface area contributed by atoms with Gasteiger partial charge in [0, 0.05) is 18.1 Å². The fourth-order valence-corrected chi connectivity index (χ4v) is 7.32. The molecule has 7 atom stereocenters. The quantitative estimate of drug-likeness (QED) is 0.830. The second kappa shape index (κ2) is 5.85. The van der Waals surface area contributed by atoms with Gasteiger partial charge in [-0.05, 0) is 80.5 Å². The highest BCUT2D eigenvalue weighted by molar-refractivity contribution is 5.35. The number of aliphatic hydroxyl groups excluding tert-OH is 1. The van der Waals surface area contributed by atoms with Crippen LogP contribution < -0.4 is 0 Å². The summed E-state index contributed by atoms with van der Waals surface area (Å²) in [6.45, 7) is 3.20. The third kappa shape index (κ3) is 2.15. The molecule has 4 aliphatic carbocycles. The van der Waals surface area contributed by atoms with E-state index in [2.05, 4.69) is 19.1 Å². The van der Waals surface area contributed by atoms with Crippen LogP contribution in [0.1, 0.15) is 58.3 Å². The Hall–Kier alpha value is -0.850. The summed E-state index contributed by atoms with van der Waals surface area (Å²) < 4.78 is 5.76. The van der Waals surface area contributed by atoms with Gasteiger partial charge in [-0.1, -0.05) is 13.0 Å². The first-order chi connectivity index (χ1) is 11.5. The Morgan fingerprint density at radius 3 is 2.83 bits per heavy atom. The van der Waals surface area contributed by atoms with E-state index in [0.717, 1.165) is 50.2 Å². The van der Waals surface area contributed by atoms with Crippen molar-refractivity contribution in [1.82, 2.24) is 0 Å². The molecule has 0 saturated heterocycles. The van der Waals surface area contributed by atoms with Crippen LogP contribution in [-0.4, -0.2) is 24.9 Å². The van der Waals surface area contributed by atoms with E-state index in [0.29, 0.717) is 17.8 Å². The van der Waals surface area contributed by atoms with Crippen LogP contribution in [0.2, 0.25) is 0 Å². The van der Waals surface area contributed by atoms with Crippen molar-refractivity contribution in [2.24, 2.45) is 34.5 Å². The molecule has 3 nitrogen and oxygen atoms in total. The van der Waals surface area contributed by atoms with Crippen LogP contribution in [0.4, 0.5) is 0 Å². The smallest absolute Gasteiger partial charge is 0.0949 e. The molecule has 3 heteroatoms. The Kier molecular flexibility index (Phi) is 4.05. The zero-order chi connectivity index (χ0) is 16.9. The highest BCUT2D eigenvalue weighted by Crippen LogP contribution is 2.66. The van der Waals surface area contributed by atoms with Gasteiger partial charge >= 0.3 is 0 Å². The van der Waals surface area contributed by atoms with Gasteiger partial charge < -0.3 is 9.84 Å². The minimum absolute atomic E-state index is 0.108. The van der Waals surface area contributed by atoms with Crippen LogP contribution in [0, 0.1) is 45.8 Å². The first kappa shape index (κ1) is 16.6. The summed E-state index contributed by atoms with van der Waals surface area (Å²) in [7, 11) is 1.85. The van der Waals surface area contributed by atoms with E-state index in [1.807, 2.05) is 7.11 Å². The van der Waals surface area contributed by atoms with Crippen molar-refractivity contribution in [3.05, 3.63) is 11.6 Å². The van der Waals surface area contributed by atoms with E-state index in [1.165, 1.54) is 19.3 Å². The van der Waals surface area contributed by atoms with Crippen molar-refractivity contribution in [2.75, 3.05) is 13.7 Å². The van der Waals surface area contributed by atoms with Gasteiger partial charge in [-0.15, -0.1) is 0 Å². The van der Waals surface area contributed by atoms with Crippen molar-refractivity contribution in [2.45, 2.75) is 64.4 Å². The predicted octanol–water partition coefficient (Wildman–Crippen LogP) is 4.08. The van der Waals surface area contributed by atoms with Crippen LogP contribution in [0.25, 0.3) is 0 Å². The van der Waals surface area contributed by atoms with Crippen LogP contribution in [0.15, 0.2) is 11.6 Å². The third-order valence-electron chi connectivity index (χ3n) is 8.45. The lowest BCUT2D eigenvalue weighted by atomic mass is 9.44. The molecule has 0 aromatic rings. The molecule has 3 fully saturated rings. The molecule has 4 aliphatic rings. The molecule has 132 valence electrons. The molecule has 3 saturated carbocycles. The summed E-state index contributed by atoms with van der Waals surface area (Å²) in [5.74, 6) is 2.71. The second-order valence-electron chi connectivity index (χ2n) is 9.17. The van der Waals surface area contributed by atoms with Gasteiger partial charge in [0.15, 0.2) is 0 Å². The number of ether oxygens (including phenoxy) is 1.